The molecule has 4 heteroatoms. The number of hydrogen-bond donors (Lipinski definition) is 2. The van der Waals surface area contributed by atoms with Gasteiger partial charge in [-0.15, -0.1) is 0 Å². The maximum atomic E-state index is 8.93. The fourth-order valence-corrected chi connectivity index (χ4v) is 0.857. The third kappa shape index (κ3) is 2.59. The van der Waals surface area contributed by atoms with Gasteiger partial charge >= 0.3 is 0 Å². The number of aromatic nitrogens is 2. The molecule has 0 aliphatic rings. The fraction of sp³-hybridized carbons (Fsp3) is 0.571. The number of rotatable bonds is 2. The lowest BCUT2D eigenvalue weighted by atomic mass is 10.1. The Labute approximate surface area is 65.6 Å². The highest BCUT2D eigenvalue weighted by atomic mass is 16.3. The topological polar surface area (TPSA) is 64.1 Å². The second kappa shape index (κ2) is 2.54. The molecule has 3 N–H and O–H groups in total. The van der Waals surface area contributed by atoms with Gasteiger partial charge in [0.2, 0.25) is 0 Å². The van der Waals surface area contributed by atoms with Crippen LogP contribution in [-0.2, 0) is 6.54 Å². The Balaban J connectivity index is 2.65. The summed E-state index contributed by atoms with van der Waals surface area (Å²) in [7, 11) is 0. The highest BCUT2D eigenvalue weighted by Gasteiger charge is 2.11. The van der Waals surface area contributed by atoms with E-state index in [-0.39, 0.29) is 11.3 Å². The minimum atomic E-state index is -0.293. The molecule has 62 valence electrons. The van der Waals surface area contributed by atoms with Crippen molar-refractivity contribution in [1.29, 1.82) is 0 Å². The van der Waals surface area contributed by atoms with Crippen molar-refractivity contribution in [2.45, 2.75) is 25.9 Å². The van der Waals surface area contributed by atoms with Crippen LogP contribution in [0.2, 0.25) is 0 Å². The third-order valence-electron chi connectivity index (χ3n) is 1.19. The van der Waals surface area contributed by atoms with E-state index in [4.69, 9.17) is 10.8 Å². The van der Waals surface area contributed by atoms with Gasteiger partial charge in [0.15, 0.2) is 5.75 Å². The highest BCUT2D eigenvalue weighted by Crippen LogP contribution is 2.07. The molecule has 0 atom stereocenters. The molecule has 0 unspecified atom stereocenters. The molecule has 0 spiro atoms. The minimum absolute atomic E-state index is 0.175. The Bertz CT molecular complexity index is 236. The van der Waals surface area contributed by atoms with Crippen molar-refractivity contribution in [3.63, 3.8) is 0 Å². The molecule has 1 aromatic rings. The molecular weight excluding hydrogens is 142 g/mol. The normalized spacial score (nSPS) is 11.9. The van der Waals surface area contributed by atoms with E-state index in [9.17, 15) is 0 Å². The van der Waals surface area contributed by atoms with Crippen LogP contribution in [-0.4, -0.2) is 20.4 Å². The lowest BCUT2D eigenvalue weighted by Crippen LogP contribution is -2.37. The van der Waals surface area contributed by atoms with E-state index >= 15 is 0 Å². The van der Waals surface area contributed by atoms with Crippen molar-refractivity contribution < 1.29 is 5.11 Å². The zero-order valence-corrected chi connectivity index (χ0v) is 6.78. The van der Waals surface area contributed by atoms with Crippen molar-refractivity contribution in [2.24, 2.45) is 5.73 Å². The largest absolute Gasteiger partial charge is 0.505 e. The predicted molar refractivity (Wildman–Crippen MR) is 42.2 cm³/mol. The van der Waals surface area contributed by atoms with Gasteiger partial charge in [0, 0.05) is 5.54 Å². The SMILES string of the molecule is CC(C)(N)Cn1cc(O)cn1. The third-order valence-corrected chi connectivity index (χ3v) is 1.19. The monoisotopic (exact) mass is 155 g/mol. The maximum Gasteiger partial charge on any atom is 0.153 e. The first-order valence-corrected chi connectivity index (χ1v) is 3.48. The summed E-state index contributed by atoms with van der Waals surface area (Å²) < 4.78 is 1.62. The van der Waals surface area contributed by atoms with E-state index in [1.54, 1.807) is 10.9 Å². The zero-order chi connectivity index (χ0) is 8.48. The lowest BCUT2D eigenvalue weighted by Gasteiger charge is -2.17. The van der Waals surface area contributed by atoms with Crippen molar-refractivity contribution in [3.8, 4) is 5.75 Å². The quantitative estimate of drug-likeness (QED) is 0.646. The van der Waals surface area contributed by atoms with Crippen LogP contribution in [0.3, 0.4) is 0 Å². The molecule has 0 aromatic carbocycles. The van der Waals surface area contributed by atoms with Crippen molar-refractivity contribution >= 4 is 0 Å². The summed E-state index contributed by atoms with van der Waals surface area (Å²) in [4.78, 5) is 0. The van der Waals surface area contributed by atoms with Gasteiger partial charge in [-0.05, 0) is 13.8 Å². The molecule has 0 saturated carbocycles. The highest BCUT2D eigenvalue weighted by molar-refractivity contribution is 5.08. The molecule has 0 radical (unpaired) electrons. The molecule has 0 aliphatic heterocycles. The van der Waals surface area contributed by atoms with Crippen LogP contribution < -0.4 is 5.73 Å². The van der Waals surface area contributed by atoms with Gasteiger partial charge in [-0.3, -0.25) is 4.68 Å². The van der Waals surface area contributed by atoms with E-state index in [0.29, 0.717) is 6.54 Å². The number of hydrogen-bond acceptors (Lipinski definition) is 3. The summed E-state index contributed by atoms with van der Waals surface area (Å²) in [5, 5.41) is 12.8. The van der Waals surface area contributed by atoms with Gasteiger partial charge in [-0.25, -0.2) is 0 Å². The molecule has 0 saturated heterocycles. The molecule has 0 aliphatic carbocycles. The fourth-order valence-electron chi connectivity index (χ4n) is 0.857. The van der Waals surface area contributed by atoms with E-state index in [1.807, 2.05) is 13.8 Å². The van der Waals surface area contributed by atoms with Crippen molar-refractivity contribution in [3.05, 3.63) is 12.4 Å². The molecule has 1 rings (SSSR count). The van der Waals surface area contributed by atoms with Crippen LogP contribution in [0.25, 0.3) is 0 Å². The Morgan fingerprint density at radius 2 is 2.36 bits per heavy atom. The first kappa shape index (κ1) is 8.07. The van der Waals surface area contributed by atoms with E-state index in [0.717, 1.165) is 0 Å². The van der Waals surface area contributed by atoms with Gasteiger partial charge in [0.05, 0.1) is 18.9 Å². The van der Waals surface area contributed by atoms with E-state index < -0.39 is 0 Å². The first-order valence-electron chi connectivity index (χ1n) is 3.48. The molecule has 1 heterocycles. The summed E-state index contributed by atoms with van der Waals surface area (Å²) in [5.74, 6) is 0.175. The Morgan fingerprint density at radius 1 is 1.73 bits per heavy atom. The second-order valence-electron chi connectivity index (χ2n) is 3.38. The van der Waals surface area contributed by atoms with Gasteiger partial charge in [-0.1, -0.05) is 0 Å². The molecular formula is C7H13N3O. The molecule has 0 amide bonds. The first-order chi connectivity index (χ1) is 4.97. The van der Waals surface area contributed by atoms with Gasteiger partial charge in [0.1, 0.15) is 0 Å². The standard InChI is InChI=1S/C7H13N3O/c1-7(2,8)5-10-4-6(11)3-9-10/h3-4,11H,5,8H2,1-2H3. The van der Waals surface area contributed by atoms with Crippen LogP contribution in [0, 0.1) is 0 Å². The number of nitrogens with two attached hydrogens (primary N) is 1. The molecule has 4 nitrogen and oxygen atoms in total. The van der Waals surface area contributed by atoms with E-state index in [2.05, 4.69) is 5.10 Å². The van der Waals surface area contributed by atoms with Crippen LogP contribution in [0.1, 0.15) is 13.8 Å². The average Bonchev–Trinajstić information content (AvgIpc) is 2.10. The predicted octanol–water partition coefficient (Wildman–Crippen LogP) is 0.326. The Kier molecular flexibility index (Phi) is 1.87. The molecule has 11 heavy (non-hydrogen) atoms. The Morgan fingerprint density at radius 3 is 2.73 bits per heavy atom. The van der Waals surface area contributed by atoms with Crippen LogP contribution in [0.5, 0.6) is 5.75 Å². The van der Waals surface area contributed by atoms with Crippen LogP contribution in [0.4, 0.5) is 0 Å². The van der Waals surface area contributed by atoms with E-state index in [1.165, 1.54) is 6.20 Å². The summed E-state index contributed by atoms with van der Waals surface area (Å²) in [6.07, 6.45) is 2.94. The summed E-state index contributed by atoms with van der Waals surface area (Å²) in [6, 6.07) is 0. The van der Waals surface area contributed by atoms with Gasteiger partial charge in [0.25, 0.3) is 0 Å². The number of aromatic hydroxyl groups is 1. The summed E-state index contributed by atoms with van der Waals surface area (Å²) in [6.45, 7) is 4.42. The maximum absolute atomic E-state index is 8.93. The van der Waals surface area contributed by atoms with Gasteiger partial charge in [-0.2, -0.15) is 5.10 Å². The van der Waals surface area contributed by atoms with Crippen LogP contribution in [0.15, 0.2) is 12.4 Å². The van der Waals surface area contributed by atoms with Crippen molar-refractivity contribution in [1.82, 2.24) is 9.78 Å². The zero-order valence-electron chi connectivity index (χ0n) is 6.78. The average molecular weight is 155 g/mol. The lowest BCUT2D eigenvalue weighted by molar-refractivity contribution is 0.406. The van der Waals surface area contributed by atoms with Crippen LogP contribution >= 0.6 is 0 Å². The van der Waals surface area contributed by atoms with Crippen molar-refractivity contribution in [2.75, 3.05) is 0 Å². The smallest absolute Gasteiger partial charge is 0.153 e. The minimum Gasteiger partial charge on any atom is -0.505 e. The van der Waals surface area contributed by atoms with Gasteiger partial charge < -0.3 is 10.8 Å². The summed E-state index contributed by atoms with van der Waals surface area (Å²) in [5.41, 5.74) is 5.44. The molecule has 0 fully saturated rings. The Hall–Kier alpha value is -1.03. The second-order valence-corrected chi connectivity index (χ2v) is 3.38. The number of nitrogens with zero attached hydrogens (tertiary/aromatic N) is 2. The summed E-state index contributed by atoms with van der Waals surface area (Å²) >= 11 is 0. The molecule has 1 aromatic heterocycles. The molecule has 0 bridgehead atoms.